The van der Waals surface area contributed by atoms with E-state index in [9.17, 15) is 0 Å². The Hall–Kier alpha value is 0.350. The number of fused-ring (bicyclic) bond motifs is 2. The van der Waals surface area contributed by atoms with Gasteiger partial charge in [-0.15, -0.1) is 0 Å². The highest BCUT2D eigenvalue weighted by Crippen LogP contribution is 2.62. The first-order valence-corrected chi connectivity index (χ1v) is 6.39. The Labute approximate surface area is 80.5 Å². The van der Waals surface area contributed by atoms with Crippen molar-refractivity contribution in [1.29, 1.82) is 0 Å². The van der Waals surface area contributed by atoms with Gasteiger partial charge >= 0.3 is 0 Å². The van der Waals surface area contributed by atoms with Crippen LogP contribution in [-0.2, 0) is 0 Å². The summed E-state index contributed by atoms with van der Waals surface area (Å²) in [6.45, 7) is 7.40. The predicted octanol–water partition coefficient (Wildman–Crippen LogP) is 3.42. The van der Waals surface area contributed by atoms with E-state index in [1.807, 2.05) is 0 Å². The van der Waals surface area contributed by atoms with Crippen LogP contribution in [0.5, 0.6) is 0 Å². The summed E-state index contributed by atoms with van der Waals surface area (Å²) in [7, 11) is 0. The minimum Gasteiger partial charge on any atom is -0.162 e. The van der Waals surface area contributed by atoms with Crippen LogP contribution in [0, 0.1) is 23.2 Å². The monoisotopic (exact) mass is 184 g/mol. The third kappa shape index (κ3) is 0.982. The summed E-state index contributed by atoms with van der Waals surface area (Å²) in [4.78, 5) is 0. The molecule has 0 N–H and O–H groups in total. The van der Waals surface area contributed by atoms with Crippen LogP contribution in [0.4, 0.5) is 0 Å². The van der Waals surface area contributed by atoms with Crippen LogP contribution in [0.25, 0.3) is 0 Å². The summed E-state index contributed by atoms with van der Waals surface area (Å²) < 4.78 is 0. The van der Waals surface area contributed by atoms with E-state index < -0.39 is 0 Å². The van der Waals surface area contributed by atoms with Crippen molar-refractivity contribution in [2.45, 2.75) is 38.9 Å². The third-order valence-electron chi connectivity index (χ3n) is 4.59. The first kappa shape index (κ1) is 8.93. The average molecular weight is 184 g/mol. The maximum Gasteiger partial charge on any atom is 0.00756 e. The van der Waals surface area contributed by atoms with Crippen molar-refractivity contribution in [2.24, 2.45) is 23.2 Å². The lowest BCUT2D eigenvalue weighted by Gasteiger charge is -2.61. The Bertz CT molecular complexity index is 185. The van der Waals surface area contributed by atoms with E-state index in [1.165, 1.54) is 12.8 Å². The van der Waals surface area contributed by atoms with E-state index in [2.05, 4.69) is 38.8 Å². The molecule has 3 fully saturated rings. The van der Waals surface area contributed by atoms with E-state index in [4.69, 9.17) is 0 Å². The van der Waals surface area contributed by atoms with Crippen LogP contribution >= 0.6 is 11.8 Å². The Kier molecular flexibility index (Phi) is 1.98. The molecule has 0 aliphatic heterocycles. The molecule has 12 heavy (non-hydrogen) atoms. The summed E-state index contributed by atoms with van der Waals surface area (Å²) in [5, 5.41) is 0.960. The lowest BCUT2D eigenvalue weighted by molar-refractivity contribution is -0.0949. The molecule has 0 aromatic carbocycles. The molecule has 0 spiro atoms. The maximum absolute atomic E-state index is 2.47. The minimum absolute atomic E-state index is 0.672. The van der Waals surface area contributed by atoms with Gasteiger partial charge in [-0.2, -0.15) is 11.8 Å². The SMILES string of the molecule is CSC1CC2CC(C1C)C2(C)C. The van der Waals surface area contributed by atoms with Crippen molar-refractivity contribution < 1.29 is 0 Å². The standard InChI is InChI=1S/C11H20S/c1-7-9-5-8(11(9,2)3)6-10(7)12-4/h7-10H,5-6H2,1-4H3. The third-order valence-corrected chi connectivity index (χ3v) is 5.81. The number of thioether (sulfide) groups is 1. The molecule has 3 aliphatic carbocycles. The predicted molar refractivity (Wildman–Crippen MR) is 56.5 cm³/mol. The molecule has 0 saturated heterocycles. The van der Waals surface area contributed by atoms with E-state index >= 15 is 0 Å². The molecule has 4 unspecified atom stereocenters. The van der Waals surface area contributed by atoms with E-state index in [0.29, 0.717) is 5.41 Å². The molecule has 2 bridgehead atoms. The van der Waals surface area contributed by atoms with Crippen LogP contribution < -0.4 is 0 Å². The van der Waals surface area contributed by atoms with Gasteiger partial charge < -0.3 is 0 Å². The number of rotatable bonds is 1. The summed E-state index contributed by atoms with van der Waals surface area (Å²) in [5.74, 6) is 3.02. The zero-order chi connectivity index (χ0) is 8.93. The molecule has 0 nitrogen and oxygen atoms in total. The fourth-order valence-corrected chi connectivity index (χ4v) is 4.46. The highest BCUT2D eigenvalue weighted by atomic mass is 32.2. The lowest BCUT2D eigenvalue weighted by Crippen LogP contribution is -2.55. The van der Waals surface area contributed by atoms with Crippen LogP contribution in [0.1, 0.15) is 33.6 Å². The molecule has 0 radical (unpaired) electrons. The highest BCUT2D eigenvalue weighted by molar-refractivity contribution is 7.99. The molecule has 70 valence electrons. The van der Waals surface area contributed by atoms with Crippen molar-refractivity contribution in [3.05, 3.63) is 0 Å². The minimum atomic E-state index is 0.672. The van der Waals surface area contributed by atoms with Crippen molar-refractivity contribution in [3.8, 4) is 0 Å². The Balaban J connectivity index is 2.11. The Morgan fingerprint density at radius 3 is 2.33 bits per heavy atom. The zero-order valence-electron chi connectivity index (χ0n) is 8.63. The molecule has 1 heteroatoms. The smallest absolute Gasteiger partial charge is 0.00756 e. The summed E-state index contributed by atoms with van der Waals surface area (Å²) >= 11 is 2.09. The summed E-state index contributed by atoms with van der Waals surface area (Å²) in [6.07, 6.45) is 5.27. The van der Waals surface area contributed by atoms with Crippen molar-refractivity contribution in [2.75, 3.05) is 6.26 Å². The fraction of sp³-hybridized carbons (Fsp3) is 1.00. The maximum atomic E-state index is 2.47. The lowest BCUT2D eigenvalue weighted by atomic mass is 9.46. The molecular weight excluding hydrogens is 164 g/mol. The van der Waals surface area contributed by atoms with Gasteiger partial charge in [0.1, 0.15) is 0 Å². The van der Waals surface area contributed by atoms with E-state index in [0.717, 1.165) is 23.0 Å². The van der Waals surface area contributed by atoms with E-state index in [1.54, 1.807) is 0 Å². The molecule has 3 saturated carbocycles. The van der Waals surface area contributed by atoms with Gasteiger partial charge in [0.15, 0.2) is 0 Å². The van der Waals surface area contributed by atoms with Crippen LogP contribution in [0.15, 0.2) is 0 Å². The van der Waals surface area contributed by atoms with Crippen LogP contribution in [0.3, 0.4) is 0 Å². The topological polar surface area (TPSA) is 0 Å². The summed E-state index contributed by atoms with van der Waals surface area (Å²) in [5.41, 5.74) is 0.672. The fourth-order valence-electron chi connectivity index (χ4n) is 3.41. The van der Waals surface area contributed by atoms with Gasteiger partial charge in [-0.25, -0.2) is 0 Å². The first-order valence-electron chi connectivity index (χ1n) is 5.10. The molecule has 4 atom stereocenters. The Morgan fingerprint density at radius 1 is 1.25 bits per heavy atom. The highest BCUT2D eigenvalue weighted by Gasteiger charge is 2.55. The number of hydrogen-bond acceptors (Lipinski definition) is 1. The molecule has 0 aromatic heterocycles. The van der Waals surface area contributed by atoms with Gasteiger partial charge in [0.25, 0.3) is 0 Å². The van der Waals surface area contributed by atoms with Crippen LogP contribution in [-0.4, -0.2) is 11.5 Å². The van der Waals surface area contributed by atoms with E-state index in [-0.39, 0.29) is 0 Å². The second-order valence-electron chi connectivity index (χ2n) is 5.23. The quantitative estimate of drug-likeness (QED) is 0.602. The number of hydrogen-bond donors (Lipinski definition) is 0. The molecule has 0 aromatic rings. The average Bonchev–Trinajstić information content (AvgIpc) is 2.03. The van der Waals surface area contributed by atoms with Crippen molar-refractivity contribution in [1.82, 2.24) is 0 Å². The first-order chi connectivity index (χ1) is 5.57. The van der Waals surface area contributed by atoms with Crippen molar-refractivity contribution in [3.63, 3.8) is 0 Å². The largest absolute Gasteiger partial charge is 0.162 e. The van der Waals surface area contributed by atoms with Crippen LogP contribution in [0.2, 0.25) is 0 Å². The molecule has 0 heterocycles. The zero-order valence-corrected chi connectivity index (χ0v) is 9.45. The van der Waals surface area contributed by atoms with Gasteiger partial charge in [0.05, 0.1) is 0 Å². The van der Waals surface area contributed by atoms with Gasteiger partial charge in [0.2, 0.25) is 0 Å². The normalized spacial score (nSPS) is 50.0. The molecule has 0 amide bonds. The van der Waals surface area contributed by atoms with Gasteiger partial charge in [-0.05, 0) is 42.3 Å². The molecule has 3 rings (SSSR count). The van der Waals surface area contributed by atoms with Gasteiger partial charge in [-0.3, -0.25) is 0 Å². The second kappa shape index (κ2) is 2.67. The Morgan fingerprint density at radius 2 is 1.92 bits per heavy atom. The molecular formula is C11H20S. The van der Waals surface area contributed by atoms with Gasteiger partial charge in [-0.1, -0.05) is 20.8 Å². The second-order valence-corrected chi connectivity index (χ2v) is 6.31. The summed E-state index contributed by atoms with van der Waals surface area (Å²) in [6, 6.07) is 0. The molecule has 3 aliphatic rings. The van der Waals surface area contributed by atoms with Gasteiger partial charge in [0, 0.05) is 5.25 Å². The van der Waals surface area contributed by atoms with Crippen molar-refractivity contribution >= 4 is 11.8 Å².